The van der Waals surface area contributed by atoms with Gasteiger partial charge in [0.15, 0.2) is 12.1 Å². The van der Waals surface area contributed by atoms with E-state index < -0.39 is 76.3 Å². The minimum Gasteiger partial charge on any atom is -0.507 e. The van der Waals surface area contributed by atoms with Crippen molar-refractivity contribution in [3.8, 4) is 17.2 Å². The summed E-state index contributed by atoms with van der Waals surface area (Å²) in [6, 6.07) is 12.1. The van der Waals surface area contributed by atoms with Crippen molar-refractivity contribution in [2.45, 2.75) is 69.4 Å². The molecule has 0 saturated carbocycles. The van der Waals surface area contributed by atoms with Gasteiger partial charge in [-0.25, -0.2) is 5.43 Å². The molecule has 13 heteroatoms. The van der Waals surface area contributed by atoms with Gasteiger partial charge >= 0.3 is 0 Å². The number of phenols is 2. The molecule has 3 aliphatic rings. The molecule has 1 heterocycles. The number of aliphatic hydroxyl groups excluding tert-OH is 1. The number of aliphatic hydroxyl groups is 2. The third-order valence-electron chi connectivity index (χ3n) is 9.18. The molecular weight excluding hydrogens is 610 g/mol. The smallest absolute Gasteiger partial charge is 0.271 e. The maximum Gasteiger partial charge on any atom is 0.271 e. The largest absolute Gasteiger partial charge is 0.507 e. The third kappa shape index (κ3) is 5.45. The normalized spacial score (nSPS) is 27.0. The van der Waals surface area contributed by atoms with E-state index in [0.29, 0.717) is 5.56 Å². The standard InChI is InChI=1S/C34H35N3O10/c1-15-28(38)20(35)12-23(46-15)47-22-14-34(44,16(2)36-37-33(43)17-8-5-4-6-9-17)13-19-25(22)32(42)27-26(30(19)40)29(39)18-10-7-11-21(45-3)24(18)31(27)41/h4-11,15,20,22-23,28,38,40,42,44H,12-14,35H2,1-3H3,(H,37,43)/b36-16+/t15-,20+,22+,23-,28-,34-/m0/s1. The van der Waals surface area contributed by atoms with Crippen molar-refractivity contribution >= 4 is 23.2 Å². The zero-order chi connectivity index (χ0) is 33.8. The van der Waals surface area contributed by atoms with Crippen LogP contribution in [0.15, 0.2) is 53.6 Å². The van der Waals surface area contributed by atoms with Crippen LogP contribution in [0.4, 0.5) is 0 Å². The quantitative estimate of drug-likeness (QED) is 0.102. The molecule has 3 aromatic rings. The molecule has 6 rings (SSSR count). The van der Waals surface area contributed by atoms with E-state index in [0.717, 1.165) is 0 Å². The first-order chi connectivity index (χ1) is 22.4. The number of nitrogens with one attached hydrogen (secondary N) is 1. The van der Waals surface area contributed by atoms with E-state index in [1.54, 1.807) is 37.3 Å². The van der Waals surface area contributed by atoms with E-state index in [4.69, 9.17) is 19.9 Å². The van der Waals surface area contributed by atoms with Crippen LogP contribution >= 0.6 is 0 Å². The van der Waals surface area contributed by atoms with Crippen molar-refractivity contribution in [1.29, 1.82) is 0 Å². The number of fused-ring (bicyclic) bond motifs is 3. The van der Waals surface area contributed by atoms with Gasteiger partial charge in [0, 0.05) is 47.6 Å². The second-order valence-corrected chi connectivity index (χ2v) is 12.1. The Morgan fingerprint density at radius 1 is 1.04 bits per heavy atom. The maximum atomic E-state index is 13.9. The number of rotatable bonds is 6. The number of amides is 1. The zero-order valence-electron chi connectivity index (χ0n) is 25.9. The summed E-state index contributed by atoms with van der Waals surface area (Å²) in [5, 5.41) is 50.0. The van der Waals surface area contributed by atoms with Crippen LogP contribution in [0.1, 0.15) is 86.1 Å². The van der Waals surface area contributed by atoms with Gasteiger partial charge in [0.1, 0.15) is 22.8 Å². The van der Waals surface area contributed by atoms with Gasteiger partial charge in [-0.15, -0.1) is 0 Å². The number of carbonyl (C=O) groups is 3. The van der Waals surface area contributed by atoms with Crippen LogP contribution in [0.5, 0.6) is 17.2 Å². The summed E-state index contributed by atoms with van der Waals surface area (Å²) in [6.45, 7) is 3.09. The van der Waals surface area contributed by atoms with Crippen molar-refractivity contribution in [2.75, 3.05) is 7.11 Å². The number of nitrogens with zero attached hydrogens (tertiary/aromatic N) is 1. The van der Waals surface area contributed by atoms with Gasteiger partial charge in [-0.1, -0.05) is 30.3 Å². The SMILES string of the molecule is COc1cccc2c1C(=O)c1c(O)c3c(c(O)c1C2=O)C[C@@](O)(/C(C)=N/NC(=O)c1ccccc1)C[C@H]3O[C@H]1C[C@@H](N)[C@@H](O)[C@H](C)O1. The average molecular weight is 646 g/mol. The molecule has 0 bridgehead atoms. The number of nitrogens with two attached hydrogens (primary N) is 1. The van der Waals surface area contributed by atoms with Crippen LogP contribution in [-0.4, -0.2) is 80.9 Å². The maximum absolute atomic E-state index is 13.9. The lowest BCUT2D eigenvalue weighted by atomic mass is 9.71. The summed E-state index contributed by atoms with van der Waals surface area (Å²) in [4.78, 5) is 40.4. The van der Waals surface area contributed by atoms with E-state index in [2.05, 4.69) is 10.5 Å². The molecular formula is C34H35N3O10. The Balaban J connectivity index is 1.46. The fourth-order valence-corrected chi connectivity index (χ4v) is 6.56. The summed E-state index contributed by atoms with van der Waals surface area (Å²) < 4.78 is 17.5. The fourth-order valence-electron chi connectivity index (χ4n) is 6.56. The lowest BCUT2D eigenvalue weighted by Crippen LogP contribution is -2.52. The molecule has 47 heavy (non-hydrogen) atoms. The van der Waals surface area contributed by atoms with Crippen LogP contribution in [0.2, 0.25) is 0 Å². The summed E-state index contributed by atoms with van der Waals surface area (Å²) in [7, 11) is 1.34. The fraction of sp³-hybridized carbons (Fsp3) is 0.353. The molecule has 246 valence electrons. The molecule has 6 atom stereocenters. The van der Waals surface area contributed by atoms with E-state index in [1.807, 2.05) is 0 Å². The second-order valence-electron chi connectivity index (χ2n) is 12.1. The molecule has 0 unspecified atom stereocenters. The van der Waals surface area contributed by atoms with Gasteiger partial charge in [-0.2, -0.15) is 5.10 Å². The zero-order valence-corrected chi connectivity index (χ0v) is 25.9. The highest BCUT2D eigenvalue weighted by molar-refractivity contribution is 6.31. The van der Waals surface area contributed by atoms with Crippen molar-refractivity contribution in [1.82, 2.24) is 5.43 Å². The first-order valence-corrected chi connectivity index (χ1v) is 15.1. The van der Waals surface area contributed by atoms with Crippen molar-refractivity contribution in [3.63, 3.8) is 0 Å². The van der Waals surface area contributed by atoms with Crippen LogP contribution in [-0.2, 0) is 15.9 Å². The number of hydrogen-bond acceptors (Lipinski definition) is 12. The predicted molar refractivity (Wildman–Crippen MR) is 167 cm³/mol. The van der Waals surface area contributed by atoms with Gasteiger partial charge in [-0.3, -0.25) is 14.4 Å². The first-order valence-electron chi connectivity index (χ1n) is 15.1. The van der Waals surface area contributed by atoms with E-state index in [-0.39, 0.29) is 53.0 Å². The number of phenolic OH excluding ortho intramolecular Hbond substituents is 2. The lowest BCUT2D eigenvalue weighted by molar-refractivity contribution is -0.245. The highest BCUT2D eigenvalue weighted by Crippen LogP contribution is 2.52. The minimum absolute atomic E-state index is 0.0196. The first kappa shape index (κ1) is 32.3. The van der Waals surface area contributed by atoms with E-state index in [9.17, 15) is 34.8 Å². The number of aromatic hydroxyl groups is 2. The van der Waals surface area contributed by atoms with Crippen molar-refractivity contribution in [2.24, 2.45) is 10.8 Å². The summed E-state index contributed by atoms with van der Waals surface area (Å²) in [6.07, 6.45) is -4.51. The molecule has 7 N–H and O–H groups in total. The Morgan fingerprint density at radius 2 is 1.74 bits per heavy atom. The van der Waals surface area contributed by atoms with Gasteiger partial charge < -0.3 is 40.4 Å². The molecule has 1 aliphatic heterocycles. The molecule has 0 spiro atoms. The monoisotopic (exact) mass is 645 g/mol. The molecule has 1 saturated heterocycles. The van der Waals surface area contributed by atoms with Crippen LogP contribution < -0.4 is 15.9 Å². The van der Waals surface area contributed by atoms with E-state index in [1.165, 1.54) is 32.2 Å². The average Bonchev–Trinajstić information content (AvgIpc) is 3.06. The summed E-state index contributed by atoms with van der Waals surface area (Å²) in [5.74, 6) is -3.08. The summed E-state index contributed by atoms with van der Waals surface area (Å²) in [5.41, 5.74) is 6.04. The molecule has 2 aliphatic carbocycles. The number of hydrazone groups is 1. The van der Waals surface area contributed by atoms with Crippen LogP contribution in [0.3, 0.4) is 0 Å². The Kier molecular flexibility index (Phi) is 8.36. The number of benzene rings is 3. The number of ketones is 2. The second kappa shape index (κ2) is 12.2. The predicted octanol–water partition coefficient (Wildman–Crippen LogP) is 2.25. The Morgan fingerprint density at radius 3 is 2.43 bits per heavy atom. The summed E-state index contributed by atoms with van der Waals surface area (Å²) >= 11 is 0. The Labute approximate surface area is 269 Å². The highest BCUT2D eigenvalue weighted by atomic mass is 16.7. The number of methoxy groups -OCH3 is 1. The van der Waals surface area contributed by atoms with Gasteiger partial charge in [-0.05, 0) is 32.0 Å². The Hall–Kier alpha value is -4.66. The molecule has 13 nitrogen and oxygen atoms in total. The van der Waals surface area contributed by atoms with Crippen molar-refractivity contribution in [3.05, 3.63) is 87.5 Å². The van der Waals surface area contributed by atoms with Gasteiger partial charge in [0.05, 0.1) is 47.8 Å². The molecule has 1 amide bonds. The van der Waals surface area contributed by atoms with Crippen LogP contribution in [0, 0.1) is 0 Å². The van der Waals surface area contributed by atoms with Crippen molar-refractivity contribution < 1.29 is 49.0 Å². The molecule has 1 fully saturated rings. The molecule has 0 radical (unpaired) electrons. The van der Waals surface area contributed by atoms with Gasteiger partial charge in [0.2, 0.25) is 5.78 Å². The number of carbonyl (C=O) groups excluding carboxylic acids is 3. The highest BCUT2D eigenvalue weighted by Gasteiger charge is 2.49. The minimum atomic E-state index is -1.88. The molecule has 3 aromatic carbocycles. The van der Waals surface area contributed by atoms with E-state index >= 15 is 0 Å². The van der Waals surface area contributed by atoms with Crippen LogP contribution in [0.25, 0.3) is 0 Å². The number of ether oxygens (including phenoxy) is 3. The topological polar surface area (TPSA) is 210 Å². The molecule has 0 aromatic heterocycles. The van der Waals surface area contributed by atoms with Gasteiger partial charge in [0.25, 0.3) is 5.91 Å². The third-order valence-corrected chi connectivity index (χ3v) is 9.18. The Bertz CT molecular complexity index is 1800. The lowest BCUT2D eigenvalue weighted by Gasteiger charge is -2.42. The number of hydrogen-bond donors (Lipinski definition) is 6.